The Morgan fingerprint density at radius 2 is 2.10 bits per heavy atom. The van der Waals surface area contributed by atoms with E-state index in [1.807, 2.05) is 31.2 Å². The molecule has 2 aromatic carbocycles. The molecular weight excluding hydrogens is 271 g/mol. The third-order valence-electron chi connectivity index (χ3n) is 2.75. The van der Waals surface area contributed by atoms with Gasteiger partial charge in [0.25, 0.3) is 5.91 Å². The predicted octanol–water partition coefficient (Wildman–Crippen LogP) is 2.66. The van der Waals surface area contributed by atoms with Gasteiger partial charge in [-0.15, -0.1) is 0 Å². The number of hydrogen-bond acceptors (Lipinski definition) is 3. The first-order chi connectivity index (χ1) is 10.1. The van der Waals surface area contributed by atoms with Gasteiger partial charge < -0.3 is 4.74 Å². The van der Waals surface area contributed by atoms with Crippen molar-refractivity contribution in [3.05, 3.63) is 65.5 Å². The summed E-state index contributed by atoms with van der Waals surface area (Å²) in [5, 5.41) is 3.85. The molecule has 2 aromatic rings. The van der Waals surface area contributed by atoms with Crippen molar-refractivity contribution < 1.29 is 13.9 Å². The molecule has 0 radical (unpaired) electrons. The highest BCUT2D eigenvalue weighted by Gasteiger charge is 2.02. The van der Waals surface area contributed by atoms with Gasteiger partial charge >= 0.3 is 0 Å². The molecule has 0 bridgehead atoms. The summed E-state index contributed by atoms with van der Waals surface area (Å²) in [6.45, 7) is 1.73. The molecule has 0 aliphatic heterocycles. The third kappa shape index (κ3) is 4.72. The number of amides is 1. The summed E-state index contributed by atoms with van der Waals surface area (Å²) in [5.41, 5.74) is 4.34. The fourth-order valence-corrected chi connectivity index (χ4v) is 1.64. The van der Waals surface area contributed by atoms with Crippen LogP contribution in [0.15, 0.2) is 53.6 Å². The first-order valence-corrected chi connectivity index (χ1v) is 6.41. The summed E-state index contributed by atoms with van der Waals surface area (Å²) in [6, 6.07) is 13.3. The molecule has 4 nitrogen and oxygen atoms in total. The van der Waals surface area contributed by atoms with E-state index >= 15 is 0 Å². The lowest BCUT2D eigenvalue weighted by Gasteiger charge is -2.04. The standard InChI is InChI=1S/C16H15FN2O2/c1-12-5-2-3-6-13(12)10-18-19-16(20)11-21-15-8-4-7-14(17)9-15/h2-10H,11H2,1H3,(H,19,20)/b18-10-. The number of ether oxygens (including phenoxy) is 1. The van der Waals surface area contributed by atoms with Gasteiger partial charge in [0.1, 0.15) is 11.6 Å². The highest BCUT2D eigenvalue weighted by atomic mass is 19.1. The lowest BCUT2D eigenvalue weighted by atomic mass is 10.1. The largest absolute Gasteiger partial charge is 0.484 e. The predicted molar refractivity (Wildman–Crippen MR) is 78.8 cm³/mol. The molecule has 0 aliphatic rings. The second-order valence-electron chi connectivity index (χ2n) is 4.40. The van der Waals surface area contributed by atoms with E-state index in [0.717, 1.165) is 11.1 Å². The molecule has 0 fully saturated rings. The fourth-order valence-electron chi connectivity index (χ4n) is 1.64. The summed E-state index contributed by atoms with van der Waals surface area (Å²) in [6.07, 6.45) is 1.56. The topological polar surface area (TPSA) is 50.7 Å². The van der Waals surface area contributed by atoms with Crippen molar-refractivity contribution >= 4 is 12.1 Å². The molecule has 0 unspecified atom stereocenters. The van der Waals surface area contributed by atoms with Crippen molar-refractivity contribution in [2.75, 3.05) is 6.61 Å². The van der Waals surface area contributed by atoms with E-state index < -0.39 is 11.7 Å². The van der Waals surface area contributed by atoms with Crippen LogP contribution in [0.5, 0.6) is 5.75 Å². The van der Waals surface area contributed by atoms with E-state index in [1.54, 1.807) is 12.3 Å². The average molecular weight is 286 g/mol. The monoisotopic (exact) mass is 286 g/mol. The zero-order valence-corrected chi connectivity index (χ0v) is 11.5. The fraction of sp³-hybridized carbons (Fsp3) is 0.125. The molecular formula is C16H15FN2O2. The van der Waals surface area contributed by atoms with E-state index in [-0.39, 0.29) is 6.61 Å². The number of halogens is 1. The normalized spacial score (nSPS) is 10.6. The summed E-state index contributed by atoms with van der Waals surface area (Å²) in [7, 11) is 0. The minimum atomic E-state index is -0.413. The van der Waals surface area contributed by atoms with Gasteiger partial charge in [-0.2, -0.15) is 5.10 Å². The Labute approximate surface area is 122 Å². The van der Waals surface area contributed by atoms with E-state index in [4.69, 9.17) is 4.74 Å². The zero-order valence-electron chi connectivity index (χ0n) is 11.5. The first-order valence-electron chi connectivity index (χ1n) is 6.41. The molecule has 108 valence electrons. The molecule has 1 amide bonds. The Morgan fingerprint density at radius 3 is 2.86 bits per heavy atom. The second-order valence-corrected chi connectivity index (χ2v) is 4.40. The zero-order chi connectivity index (χ0) is 15.1. The van der Waals surface area contributed by atoms with Crippen LogP contribution < -0.4 is 10.2 Å². The van der Waals surface area contributed by atoms with Crippen LogP contribution in [0.1, 0.15) is 11.1 Å². The maximum absolute atomic E-state index is 12.9. The number of carbonyl (C=O) groups is 1. The van der Waals surface area contributed by atoms with Gasteiger partial charge in [-0.25, -0.2) is 9.82 Å². The quantitative estimate of drug-likeness (QED) is 0.678. The minimum Gasteiger partial charge on any atom is -0.484 e. The Bertz CT molecular complexity index is 656. The van der Waals surface area contributed by atoms with Gasteiger partial charge in [0.2, 0.25) is 0 Å². The van der Waals surface area contributed by atoms with Crippen molar-refractivity contribution in [3.8, 4) is 5.75 Å². The van der Waals surface area contributed by atoms with E-state index in [2.05, 4.69) is 10.5 Å². The number of carbonyl (C=O) groups excluding carboxylic acids is 1. The summed E-state index contributed by atoms with van der Waals surface area (Å²) in [4.78, 5) is 11.5. The van der Waals surface area contributed by atoms with Crippen molar-refractivity contribution in [3.63, 3.8) is 0 Å². The molecule has 2 rings (SSSR count). The van der Waals surface area contributed by atoms with Crippen LogP contribution >= 0.6 is 0 Å². The van der Waals surface area contributed by atoms with Crippen LogP contribution in [0.4, 0.5) is 4.39 Å². The van der Waals surface area contributed by atoms with Crippen LogP contribution in [0, 0.1) is 12.7 Å². The number of hydrazone groups is 1. The van der Waals surface area contributed by atoms with Crippen molar-refractivity contribution in [1.82, 2.24) is 5.43 Å². The van der Waals surface area contributed by atoms with E-state index in [1.165, 1.54) is 18.2 Å². The van der Waals surface area contributed by atoms with Gasteiger partial charge in [0.05, 0.1) is 6.21 Å². The molecule has 21 heavy (non-hydrogen) atoms. The molecule has 0 atom stereocenters. The SMILES string of the molecule is Cc1ccccc1/C=N\NC(=O)COc1cccc(F)c1. The number of hydrogen-bond donors (Lipinski definition) is 1. The Hall–Kier alpha value is -2.69. The van der Waals surface area contributed by atoms with E-state index in [9.17, 15) is 9.18 Å². The van der Waals surface area contributed by atoms with Gasteiger partial charge in [0, 0.05) is 6.07 Å². The lowest BCUT2D eigenvalue weighted by molar-refractivity contribution is -0.123. The minimum absolute atomic E-state index is 0.228. The van der Waals surface area contributed by atoms with Crippen LogP contribution in [0.2, 0.25) is 0 Å². The van der Waals surface area contributed by atoms with E-state index in [0.29, 0.717) is 5.75 Å². The number of aryl methyl sites for hydroxylation is 1. The van der Waals surface area contributed by atoms with Gasteiger partial charge in [0.15, 0.2) is 6.61 Å². The first kappa shape index (κ1) is 14.7. The smallest absolute Gasteiger partial charge is 0.277 e. The molecule has 5 heteroatoms. The summed E-state index contributed by atoms with van der Waals surface area (Å²) >= 11 is 0. The van der Waals surface area contributed by atoms with Crippen molar-refractivity contribution in [2.45, 2.75) is 6.92 Å². The molecule has 0 aromatic heterocycles. The Kier molecular flexibility index (Phi) is 5.04. The van der Waals surface area contributed by atoms with Crippen LogP contribution in [-0.2, 0) is 4.79 Å². The highest BCUT2D eigenvalue weighted by Crippen LogP contribution is 2.11. The highest BCUT2D eigenvalue weighted by molar-refractivity contribution is 5.84. The third-order valence-corrected chi connectivity index (χ3v) is 2.75. The molecule has 0 spiro atoms. The Morgan fingerprint density at radius 1 is 1.29 bits per heavy atom. The summed E-state index contributed by atoms with van der Waals surface area (Å²) in [5.74, 6) is -0.525. The number of nitrogens with one attached hydrogen (secondary N) is 1. The van der Waals surface area contributed by atoms with Gasteiger partial charge in [-0.1, -0.05) is 30.3 Å². The number of benzene rings is 2. The van der Waals surface area contributed by atoms with Gasteiger partial charge in [-0.05, 0) is 30.2 Å². The lowest BCUT2D eigenvalue weighted by Crippen LogP contribution is -2.24. The number of nitrogens with zero attached hydrogens (tertiary/aromatic N) is 1. The average Bonchev–Trinajstić information content (AvgIpc) is 2.47. The van der Waals surface area contributed by atoms with Crippen LogP contribution in [0.25, 0.3) is 0 Å². The maximum Gasteiger partial charge on any atom is 0.277 e. The molecule has 0 saturated carbocycles. The molecule has 0 aliphatic carbocycles. The molecule has 1 N–H and O–H groups in total. The van der Waals surface area contributed by atoms with Crippen molar-refractivity contribution in [1.29, 1.82) is 0 Å². The molecule has 0 saturated heterocycles. The molecule has 0 heterocycles. The maximum atomic E-state index is 12.9. The second kappa shape index (κ2) is 7.19. The number of rotatable bonds is 5. The van der Waals surface area contributed by atoms with Crippen LogP contribution in [-0.4, -0.2) is 18.7 Å². The van der Waals surface area contributed by atoms with Gasteiger partial charge in [-0.3, -0.25) is 4.79 Å². The van der Waals surface area contributed by atoms with Crippen molar-refractivity contribution in [2.24, 2.45) is 5.10 Å². The summed E-state index contributed by atoms with van der Waals surface area (Å²) < 4.78 is 18.1. The van der Waals surface area contributed by atoms with Crippen LogP contribution in [0.3, 0.4) is 0 Å². The Balaban J connectivity index is 1.81.